The Morgan fingerprint density at radius 1 is 1.47 bits per heavy atom. The molecule has 0 aliphatic rings. The molecule has 15 heavy (non-hydrogen) atoms. The molecule has 0 aliphatic heterocycles. The lowest BCUT2D eigenvalue weighted by atomic mass is 9.87. The Balaban J connectivity index is 3.94. The number of carbonyl (C=O) groups is 1. The summed E-state index contributed by atoms with van der Waals surface area (Å²) in [4.78, 5) is 11.6. The zero-order valence-corrected chi connectivity index (χ0v) is 10.2. The molecule has 2 atom stereocenters. The number of nitrogens with one attached hydrogen (secondary N) is 1. The first-order valence-corrected chi connectivity index (χ1v) is 5.43. The summed E-state index contributed by atoms with van der Waals surface area (Å²) in [5.41, 5.74) is 5.58. The van der Waals surface area contributed by atoms with Gasteiger partial charge in [-0.15, -0.1) is 0 Å². The third-order valence-corrected chi connectivity index (χ3v) is 2.46. The summed E-state index contributed by atoms with van der Waals surface area (Å²) in [6.45, 7) is 8.53. The van der Waals surface area contributed by atoms with Crippen LogP contribution in [0.15, 0.2) is 0 Å². The van der Waals surface area contributed by atoms with E-state index in [9.17, 15) is 4.79 Å². The van der Waals surface area contributed by atoms with Gasteiger partial charge in [0.15, 0.2) is 0 Å². The lowest BCUT2D eigenvalue weighted by molar-refractivity contribution is -0.124. The molecule has 0 heterocycles. The van der Waals surface area contributed by atoms with E-state index >= 15 is 0 Å². The summed E-state index contributed by atoms with van der Waals surface area (Å²) < 4.78 is 0. The maximum absolute atomic E-state index is 11.6. The van der Waals surface area contributed by atoms with E-state index in [0.29, 0.717) is 13.0 Å². The van der Waals surface area contributed by atoms with Crippen LogP contribution in [0.4, 0.5) is 0 Å². The predicted octanol–water partition coefficient (Wildman–Crippen LogP) is 0.494. The van der Waals surface area contributed by atoms with Gasteiger partial charge < -0.3 is 16.2 Å². The molecule has 0 saturated heterocycles. The fourth-order valence-electron chi connectivity index (χ4n) is 1.10. The van der Waals surface area contributed by atoms with Gasteiger partial charge in [-0.1, -0.05) is 27.7 Å². The van der Waals surface area contributed by atoms with E-state index in [1.807, 2.05) is 27.7 Å². The number of amides is 1. The van der Waals surface area contributed by atoms with Gasteiger partial charge in [0.25, 0.3) is 0 Å². The molecule has 1 unspecified atom stereocenters. The van der Waals surface area contributed by atoms with Gasteiger partial charge in [0.05, 0.1) is 6.04 Å². The van der Waals surface area contributed by atoms with Gasteiger partial charge in [0.2, 0.25) is 5.91 Å². The number of aliphatic hydroxyl groups is 1. The Labute approximate surface area is 92.2 Å². The standard InChI is InChI=1S/C11H24N2O2/c1-8(5-6-14)7-13-10(15)9(12)11(2,3)4/h8-9,14H,5-7,12H2,1-4H3,(H,13,15)/t8?,9-/m0/s1. The second-order valence-electron chi connectivity index (χ2n) is 5.21. The van der Waals surface area contributed by atoms with E-state index in [2.05, 4.69) is 5.32 Å². The maximum atomic E-state index is 11.6. The number of rotatable bonds is 5. The topological polar surface area (TPSA) is 75.3 Å². The van der Waals surface area contributed by atoms with E-state index in [1.165, 1.54) is 0 Å². The Morgan fingerprint density at radius 3 is 2.40 bits per heavy atom. The number of carbonyl (C=O) groups excluding carboxylic acids is 1. The maximum Gasteiger partial charge on any atom is 0.237 e. The molecule has 0 bridgehead atoms. The highest BCUT2D eigenvalue weighted by molar-refractivity contribution is 5.82. The van der Waals surface area contributed by atoms with Crippen molar-refractivity contribution in [2.24, 2.45) is 17.1 Å². The third-order valence-electron chi connectivity index (χ3n) is 2.46. The zero-order chi connectivity index (χ0) is 12.1. The van der Waals surface area contributed by atoms with Crippen molar-refractivity contribution >= 4 is 5.91 Å². The van der Waals surface area contributed by atoms with E-state index in [0.717, 1.165) is 0 Å². The van der Waals surface area contributed by atoms with Crippen LogP contribution in [0.25, 0.3) is 0 Å². The van der Waals surface area contributed by atoms with Crippen LogP contribution in [0.5, 0.6) is 0 Å². The van der Waals surface area contributed by atoms with Crippen molar-refractivity contribution in [2.45, 2.75) is 40.2 Å². The molecule has 1 amide bonds. The van der Waals surface area contributed by atoms with Gasteiger partial charge >= 0.3 is 0 Å². The van der Waals surface area contributed by atoms with Gasteiger partial charge in [0.1, 0.15) is 0 Å². The van der Waals surface area contributed by atoms with Crippen molar-refractivity contribution < 1.29 is 9.90 Å². The Morgan fingerprint density at radius 2 is 2.00 bits per heavy atom. The van der Waals surface area contributed by atoms with Crippen LogP contribution in [0.3, 0.4) is 0 Å². The molecular formula is C11H24N2O2. The van der Waals surface area contributed by atoms with Crippen LogP contribution in [-0.4, -0.2) is 30.2 Å². The van der Waals surface area contributed by atoms with Gasteiger partial charge in [0, 0.05) is 13.2 Å². The quantitative estimate of drug-likeness (QED) is 0.626. The summed E-state index contributed by atoms with van der Waals surface area (Å²) in [6, 6.07) is -0.487. The number of hydrogen-bond acceptors (Lipinski definition) is 3. The molecule has 4 nitrogen and oxygen atoms in total. The van der Waals surface area contributed by atoms with Crippen molar-refractivity contribution in [3.8, 4) is 0 Å². The molecule has 0 saturated carbocycles. The first-order chi connectivity index (χ1) is 6.79. The SMILES string of the molecule is CC(CCO)CNC(=O)[C@H](N)C(C)(C)C. The van der Waals surface area contributed by atoms with Crippen molar-refractivity contribution in [3.05, 3.63) is 0 Å². The van der Waals surface area contributed by atoms with Gasteiger partial charge in [-0.25, -0.2) is 0 Å². The van der Waals surface area contributed by atoms with Crippen LogP contribution < -0.4 is 11.1 Å². The fourth-order valence-corrected chi connectivity index (χ4v) is 1.10. The average molecular weight is 216 g/mol. The van der Waals surface area contributed by atoms with Crippen LogP contribution in [0.1, 0.15) is 34.1 Å². The lowest BCUT2D eigenvalue weighted by Crippen LogP contribution is -2.49. The highest BCUT2D eigenvalue weighted by atomic mass is 16.3. The van der Waals surface area contributed by atoms with Crippen molar-refractivity contribution in [3.63, 3.8) is 0 Å². The highest BCUT2D eigenvalue weighted by Gasteiger charge is 2.27. The molecule has 4 N–H and O–H groups in total. The molecule has 0 fully saturated rings. The number of nitrogens with two attached hydrogens (primary N) is 1. The lowest BCUT2D eigenvalue weighted by Gasteiger charge is -2.26. The summed E-state index contributed by atoms with van der Waals surface area (Å²) >= 11 is 0. The molecule has 0 spiro atoms. The zero-order valence-electron chi connectivity index (χ0n) is 10.2. The van der Waals surface area contributed by atoms with Crippen LogP contribution >= 0.6 is 0 Å². The Kier molecular flexibility index (Phi) is 5.83. The minimum absolute atomic E-state index is 0.118. The van der Waals surface area contributed by atoms with Crippen LogP contribution in [0.2, 0.25) is 0 Å². The molecular weight excluding hydrogens is 192 g/mol. The summed E-state index contributed by atoms with van der Waals surface area (Å²) in [7, 11) is 0. The van der Waals surface area contributed by atoms with Crippen LogP contribution in [-0.2, 0) is 4.79 Å². The Bertz CT molecular complexity index is 199. The number of aliphatic hydroxyl groups excluding tert-OH is 1. The van der Waals surface area contributed by atoms with Crippen molar-refractivity contribution in [1.29, 1.82) is 0 Å². The molecule has 0 aromatic heterocycles. The molecule has 0 aromatic carbocycles. The summed E-state index contributed by atoms with van der Waals surface area (Å²) in [5.74, 6) is 0.165. The van der Waals surface area contributed by atoms with E-state index in [4.69, 9.17) is 10.8 Å². The molecule has 0 aliphatic carbocycles. The molecule has 0 aromatic rings. The highest BCUT2D eigenvalue weighted by Crippen LogP contribution is 2.17. The number of hydrogen-bond donors (Lipinski definition) is 3. The van der Waals surface area contributed by atoms with E-state index < -0.39 is 6.04 Å². The van der Waals surface area contributed by atoms with Gasteiger partial charge in [-0.2, -0.15) is 0 Å². The summed E-state index contributed by atoms with van der Waals surface area (Å²) in [6.07, 6.45) is 0.699. The van der Waals surface area contributed by atoms with E-state index in [-0.39, 0.29) is 23.8 Å². The van der Waals surface area contributed by atoms with Crippen LogP contribution in [0, 0.1) is 11.3 Å². The second kappa shape index (κ2) is 6.08. The first-order valence-electron chi connectivity index (χ1n) is 5.43. The third kappa shape index (κ3) is 5.74. The minimum Gasteiger partial charge on any atom is -0.396 e. The second-order valence-corrected chi connectivity index (χ2v) is 5.21. The fraction of sp³-hybridized carbons (Fsp3) is 0.909. The van der Waals surface area contributed by atoms with Crippen molar-refractivity contribution in [2.75, 3.05) is 13.2 Å². The van der Waals surface area contributed by atoms with Gasteiger partial charge in [-0.3, -0.25) is 4.79 Å². The molecule has 4 heteroatoms. The van der Waals surface area contributed by atoms with E-state index in [1.54, 1.807) is 0 Å². The van der Waals surface area contributed by atoms with Crippen molar-refractivity contribution in [1.82, 2.24) is 5.32 Å². The molecule has 90 valence electrons. The average Bonchev–Trinajstić information content (AvgIpc) is 2.12. The van der Waals surface area contributed by atoms with Gasteiger partial charge in [-0.05, 0) is 17.8 Å². The predicted molar refractivity (Wildman–Crippen MR) is 61.3 cm³/mol. The Hall–Kier alpha value is -0.610. The monoisotopic (exact) mass is 216 g/mol. The smallest absolute Gasteiger partial charge is 0.237 e. The molecule has 0 radical (unpaired) electrons. The minimum atomic E-state index is -0.487. The molecule has 0 rings (SSSR count). The summed E-state index contributed by atoms with van der Waals surface area (Å²) in [5, 5.41) is 11.5. The largest absolute Gasteiger partial charge is 0.396 e. The normalized spacial score (nSPS) is 15.9. The first kappa shape index (κ1) is 14.4.